The van der Waals surface area contributed by atoms with E-state index in [9.17, 15) is 0 Å². The molecule has 114 valence electrons. The van der Waals surface area contributed by atoms with Gasteiger partial charge in [-0.15, -0.1) is 12.3 Å². The molecule has 0 aromatic rings. The van der Waals surface area contributed by atoms with Crippen LogP contribution in [0.2, 0.25) is 0 Å². The summed E-state index contributed by atoms with van der Waals surface area (Å²) in [4.78, 5) is 0. The molecule has 1 heterocycles. The molecule has 0 saturated carbocycles. The van der Waals surface area contributed by atoms with Crippen LogP contribution in [0.1, 0.15) is 65.2 Å². The van der Waals surface area contributed by atoms with Gasteiger partial charge in [0.15, 0.2) is 0 Å². The molecule has 20 heavy (non-hydrogen) atoms. The molecule has 0 bridgehead atoms. The Bertz CT molecular complexity index is 358. The van der Waals surface area contributed by atoms with Gasteiger partial charge in [-0.05, 0) is 6.42 Å². The van der Waals surface area contributed by atoms with Crippen LogP contribution in [0.25, 0.3) is 0 Å². The fourth-order valence-electron chi connectivity index (χ4n) is 2.60. The van der Waals surface area contributed by atoms with E-state index < -0.39 is 11.6 Å². The number of rotatable bonds is 9. The van der Waals surface area contributed by atoms with Gasteiger partial charge in [-0.25, -0.2) is 0 Å². The topological polar surface area (TPSA) is 27.7 Å². The molecule has 0 N–H and O–H groups in total. The molecule has 0 amide bonds. The smallest absolute Gasteiger partial charge is 0.324 e. The minimum absolute atomic E-state index is 0.472. The fraction of sp³-hybridized carbons (Fsp3) is 0.765. The van der Waals surface area contributed by atoms with E-state index in [2.05, 4.69) is 19.4 Å². The first kappa shape index (κ1) is 17.1. The van der Waals surface area contributed by atoms with Crippen molar-refractivity contribution >= 4 is 0 Å². The van der Waals surface area contributed by atoms with Crippen LogP contribution in [0, 0.1) is 12.3 Å². The zero-order chi connectivity index (χ0) is 15.1. The predicted molar refractivity (Wildman–Crippen MR) is 80.9 cm³/mol. The summed E-state index contributed by atoms with van der Waals surface area (Å²) in [7, 11) is 1.56. The molecule has 0 radical (unpaired) electrons. The molecule has 3 heteroatoms. The van der Waals surface area contributed by atoms with Crippen LogP contribution in [0.4, 0.5) is 0 Å². The molecule has 2 atom stereocenters. The van der Waals surface area contributed by atoms with Crippen molar-refractivity contribution in [2.45, 2.75) is 76.8 Å². The molecule has 1 rings (SSSR count). The predicted octanol–water partition coefficient (Wildman–Crippen LogP) is 4.38. The van der Waals surface area contributed by atoms with Crippen LogP contribution in [0.3, 0.4) is 0 Å². The van der Waals surface area contributed by atoms with Crippen molar-refractivity contribution in [1.82, 2.24) is 0 Å². The van der Waals surface area contributed by atoms with Gasteiger partial charge in [0.2, 0.25) is 0 Å². The molecule has 0 spiro atoms. The Labute approximate surface area is 123 Å². The van der Waals surface area contributed by atoms with E-state index in [-0.39, 0.29) is 0 Å². The van der Waals surface area contributed by atoms with E-state index >= 15 is 0 Å². The third-order valence-corrected chi connectivity index (χ3v) is 3.89. The quantitative estimate of drug-likeness (QED) is 0.463. The standard InChI is InChI=1S/C17H28O3/c1-6-8-9-10-11-12-14-17(13-7-2)15(3)19-16(4,18-5)20-17/h2H,3,6,8-14H2,1,4-5H3. The summed E-state index contributed by atoms with van der Waals surface area (Å²) < 4.78 is 16.9. The Balaban J connectivity index is 2.52. The number of terminal acetylenes is 1. The maximum Gasteiger partial charge on any atom is 0.324 e. The van der Waals surface area contributed by atoms with Crippen molar-refractivity contribution in [2.24, 2.45) is 0 Å². The van der Waals surface area contributed by atoms with Crippen molar-refractivity contribution < 1.29 is 14.2 Å². The van der Waals surface area contributed by atoms with Gasteiger partial charge in [0.05, 0.1) is 0 Å². The summed E-state index contributed by atoms with van der Waals surface area (Å²) in [6, 6.07) is 0. The molecule has 3 nitrogen and oxygen atoms in total. The lowest BCUT2D eigenvalue weighted by Gasteiger charge is -2.27. The van der Waals surface area contributed by atoms with Gasteiger partial charge in [-0.3, -0.25) is 0 Å². The number of ether oxygens (including phenoxy) is 3. The lowest BCUT2D eigenvalue weighted by atomic mass is 9.91. The molecule has 0 aromatic carbocycles. The van der Waals surface area contributed by atoms with E-state index in [4.69, 9.17) is 20.6 Å². The van der Waals surface area contributed by atoms with Crippen molar-refractivity contribution in [1.29, 1.82) is 0 Å². The average molecular weight is 280 g/mol. The Hall–Kier alpha value is -0.980. The molecule has 0 aliphatic carbocycles. The summed E-state index contributed by atoms with van der Waals surface area (Å²) in [6.45, 7) is 7.95. The number of hydrogen-bond donors (Lipinski definition) is 0. The van der Waals surface area contributed by atoms with Crippen molar-refractivity contribution in [3.8, 4) is 12.3 Å². The highest BCUT2D eigenvalue weighted by atomic mass is 16.9. The van der Waals surface area contributed by atoms with Gasteiger partial charge in [0, 0.05) is 20.5 Å². The lowest BCUT2D eigenvalue weighted by Crippen LogP contribution is -2.35. The van der Waals surface area contributed by atoms with Crippen LogP contribution >= 0.6 is 0 Å². The minimum Gasteiger partial charge on any atom is -0.441 e. The van der Waals surface area contributed by atoms with E-state index in [1.54, 1.807) is 14.0 Å². The molecule has 1 saturated heterocycles. The number of unbranched alkanes of at least 4 members (excludes halogenated alkanes) is 5. The lowest BCUT2D eigenvalue weighted by molar-refractivity contribution is -0.321. The summed E-state index contributed by atoms with van der Waals surface area (Å²) >= 11 is 0. The Morgan fingerprint density at radius 3 is 2.45 bits per heavy atom. The van der Waals surface area contributed by atoms with Gasteiger partial charge < -0.3 is 14.2 Å². The first-order valence-electron chi connectivity index (χ1n) is 7.59. The van der Waals surface area contributed by atoms with E-state index in [0.29, 0.717) is 12.2 Å². The highest BCUT2D eigenvalue weighted by Crippen LogP contribution is 2.44. The SMILES string of the molecule is C#CCC1(CCCCCCCC)OC(C)(OC)OC1=C. The van der Waals surface area contributed by atoms with Gasteiger partial charge in [0.1, 0.15) is 11.4 Å². The molecule has 1 aliphatic rings. The summed E-state index contributed by atoms with van der Waals surface area (Å²) in [6.07, 6.45) is 14.2. The largest absolute Gasteiger partial charge is 0.441 e. The fourth-order valence-corrected chi connectivity index (χ4v) is 2.60. The second-order valence-corrected chi connectivity index (χ2v) is 5.59. The van der Waals surface area contributed by atoms with Gasteiger partial charge in [-0.1, -0.05) is 52.0 Å². The second kappa shape index (κ2) is 7.71. The highest BCUT2D eigenvalue weighted by Gasteiger charge is 2.51. The van der Waals surface area contributed by atoms with Gasteiger partial charge in [-0.2, -0.15) is 0 Å². The van der Waals surface area contributed by atoms with Gasteiger partial charge in [0.25, 0.3) is 0 Å². The van der Waals surface area contributed by atoms with Crippen LogP contribution in [-0.4, -0.2) is 18.7 Å². The highest BCUT2D eigenvalue weighted by molar-refractivity contribution is 5.16. The first-order chi connectivity index (χ1) is 9.52. The Morgan fingerprint density at radius 1 is 1.25 bits per heavy atom. The van der Waals surface area contributed by atoms with Crippen LogP contribution in [0.5, 0.6) is 0 Å². The molecule has 2 unspecified atom stereocenters. The van der Waals surface area contributed by atoms with E-state index in [1.165, 1.54) is 32.1 Å². The maximum absolute atomic E-state index is 5.98. The number of hydrogen-bond acceptors (Lipinski definition) is 3. The third kappa shape index (κ3) is 4.26. The molecule has 1 fully saturated rings. The zero-order valence-electron chi connectivity index (χ0n) is 13.2. The molecule has 0 aromatic heterocycles. The third-order valence-electron chi connectivity index (χ3n) is 3.89. The monoisotopic (exact) mass is 280 g/mol. The second-order valence-electron chi connectivity index (χ2n) is 5.59. The first-order valence-corrected chi connectivity index (χ1v) is 7.59. The maximum atomic E-state index is 5.98. The summed E-state index contributed by atoms with van der Waals surface area (Å²) in [5, 5.41) is 0. The van der Waals surface area contributed by atoms with Crippen LogP contribution in [0.15, 0.2) is 12.3 Å². The zero-order valence-corrected chi connectivity index (χ0v) is 13.2. The van der Waals surface area contributed by atoms with Crippen molar-refractivity contribution in [2.75, 3.05) is 7.11 Å². The van der Waals surface area contributed by atoms with Crippen molar-refractivity contribution in [3.05, 3.63) is 12.3 Å². The normalized spacial score (nSPS) is 29.2. The molecule has 1 aliphatic heterocycles. The number of methoxy groups -OCH3 is 1. The molecular weight excluding hydrogens is 252 g/mol. The Morgan fingerprint density at radius 2 is 1.90 bits per heavy atom. The van der Waals surface area contributed by atoms with Crippen LogP contribution in [-0.2, 0) is 14.2 Å². The average Bonchev–Trinajstić information content (AvgIpc) is 2.67. The van der Waals surface area contributed by atoms with Gasteiger partial charge >= 0.3 is 5.97 Å². The van der Waals surface area contributed by atoms with Crippen LogP contribution < -0.4 is 0 Å². The summed E-state index contributed by atoms with van der Waals surface area (Å²) in [5.74, 6) is 2.21. The molecular formula is C17H28O3. The minimum atomic E-state index is -1.06. The van der Waals surface area contributed by atoms with E-state index in [1.807, 2.05) is 0 Å². The Kier molecular flexibility index (Phi) is 6.58. The van der Waals surface area contributed by atoms with Crippen molar-refractivity contribution in [3.63, 3.8) is 0 Å². The summed E-state index contributed by atoms with van der Waals surface area (Å²) in [5.41, 5.74) is -0.593. The van der Waals surface area contributed by atoms with E-state index in [0.717, 1.165) is 12.8 Å².